The zero-order chi connectivity index (χ0) is 15.6. The van der Waals surface area contributed by atoms with Crippen LogP contribution in [0, 0.1) is 12.8 Å². The lowest BCUT2D eigenvalue weighted by Gasteiger charge is -2.30. The molecule has 2 heterocycles. The summed E-state index contributed by atoms with van der Waals surface area (Å²) in [6.45, 7) is 8.43. The third-order valence-corrected chi connectivity index (χ3v) is 5.25. The van der Waals surface area contributed by atoms with Crippen LogP contribution in [-0.2, 0) is 9.59 Å². The molecule has 1 aliphatic rings. The summed E-state index contributed by atoms with van der Waals surface area (Å²) < 4.78 is 0. The van der Waals surface area contributed by atoms with Crippen LogP contribution in [0.3, 0.4) is 0 Å². The summed E-state index contributed by atoms with van der Waals surface area (Å²) in [5, 5.41) is 5.79. The van der Waals surface area contributed by atoms with E-state index in [2.05, 4.69) is 10.3 Å². The van der Waals surface area contributed by atoms with E-state index in [4.69, 9.17) is 0 Å². The first-order valence-electron chi connectivity index (χ1n) is 7.45. The molecule has 1 saturated heterocycles. The average Bonchev–Trinajstić information content (AvgIpc) is 2.83. The van der Waals surface area contributed by atoms with Crippen molar-refractivity contribution in [2.24, 2.45) is 5.92 Å². The summed E-state index contributed by atoms with van der Waals surface area (Å²) >= 11 is 1.57. The highest BCUT2D eigenvalue weighted by molar-refractivity contribution is 7.09. The number of carbonyl (C=O) groups is 2. The van der Waals surface area contributed by atoms with Crippen molar-refractivity contribution < 1.29 is 9.59 Å². The van der Waals surface area contributed by atoms with Gasteiger partial charge in [0.2, 0.25) is 11.8 Å². The quantitative estimate of drug-likeness (QED) is 0.928. The molecule has 0 spiro atoms. The Kier molecular flexibility index (Phi) is 4.98. The van der Waals surface area contributed by atoms with Crippen molar-refractivity contribution in [1.82, 2.24) is 15.2 Å². The first kappa shape index (κ1) is 15.9. The lowest BCUT2D eigenvalue weighted by Crippen LogP contribution is -2.48. The number of thiazole rings is 1. The molecule has 1 fully saturated rings. The number of carbonyl (C=O) groups excluding carboxylic acids is 2. The Morgan fingerprint density at radius 2 is 2.19 bits per heavy atom. The van der Waals surface area contributed by atoms with Gasteiger partial charge in [-0.1, -0.05) is 20.3 Å². The second-order valence-corrected chi connectivity index (χ2v) is 6.61. The first-order valence-corrected chi connectivity index (χ1v) is 8.33. The fraction of sp³-hybridized carbons (Fsp3) is 0.667. The summed E-state index contributed by atoms with van der Waals surface area (Å²) in [4.78, 5) is 30.9. The van der Waals surface area contributed by atoms with Gasteiger partial charge < -0.3 is 10.2 Å². The Hall–Kier alpha value is -1.43. The highest BCUT2D eigenvalue weighted by Crippen LogP contribution is 2.27. The number of nitrogens with zero attached hydrogens (tertiary/aromatic N) is 2. The van der Waals surface area contributed by atoms with Crippen LogP contribution >= 0.6 is 11.3 Å². The highest BCUT2D eigenvalue weighted by atomic mass is 32.1. The van der Waals surface area contributed by atoms with E-state index in [0.29, 0.717) is 13.0 Å². The molecule has 1 aromatic rings. The molecule has 116 valence electrons. The smallest absolute Gasteiger partial charge is 0.246 e. The molecule has 3 unspecified atom stereocenters. The number of nitrogens with one attached hydrogen (secondary N) is 1. The maximum Gasteiger partial charge on any atom is 0.246 e. The van der Waals surface area contributed by atoms with Gasteiger partial charge in [-0.25, -0.2) is 4.98 Å². The zero-order valence-corrected chi connectivity index (χ0v) is 13.9. The lowest BCUT2D eigenvalue weighted by molar-refractivity contribution is -0.136. The van der Waals surface area contributed by atoms with Crippen LogP contribution in [0.2, 0.25) is 0 Å². The van der Waals surface area contributed by atoms with Crippen molar-refractivity contribution in [2.75, 3.05) is 6.54 Å². The van der Waals surface area contributed by atoms with Gasteiger partial charge in [-0.2, -0.15) is 0 Å². The molecule has 0 saturated carbocycles. The normalized spacial score (nSPS) is 22.7. The van der Waals surface area contributed by atoms with E-state index in [1.54, 1.807) is 16.2 Å². The zero-order valence-electron chi connectivity index (χ0n) is 13.0. The molecular formula is C15H23N3O2S. The van der Waals surface area contributed by atoms with E-state index in [9.17, 15) is 9.59 Å². The average molecular weight is 309 g/mol. The van der Waals surface area contributed by atoms with Crippen LogP contribution in [0.4, 0.5) is 0 Å². The van der Waals surface area contributed by atoms with Gasteiger partial charge in [0.05, 0.1) is 6.04 Å². The topological polar surface area (TPSA) is 62.3 Å². The number of aromatic nitrogens is 1. The van der Waals surface area contributed by atoms with E-state index in [0.717, 1.165) is 17.1 Å². The van der Waals surface area contributed by atoms with E-state index >= 15 is 0 Å². The van der Waals surface area contributed by atoms with Gasteiger partial charge in [0.1, 0.15) is 11.0 Å². The fourth-order valence-corrected chi connectivity index (χ4v) is 3.39. The molecule has 5 nitrogen and oxygen atoms in total. The predicted octanol–water partition coefficient (Wildman–Crippen LogP) is 2.28. The Bertz CT molecular complexity index is 529. The fourth-order valence-electron chi connectivity index (χ4n) is 2.52. The molecule has 0 radical (unpaired) electrons. The second kappa shape index (κ2) is 6.56. The Morgan fingerprint density at radius 1 is 1.48 bits per heavy atom. The molecule has 1 aromatic heterocycles. The second-order valence-electron chi connectivity index (χ2n) is 5.72. The lowest BCUT2D eigenvalue weighted by atomic mass is 9.97. The number of hydrogen-bond acceptors (Lipinski definition) is 4. The van der Waals surface area contributed by atoms with Gasteiger partial charge in [-0.15, -0.1) is 11.3 Å². The third kappa shape index (κ3) is 3.43. The largest absolute Gasteiger partial charge is 0.344 e. The minimum absolute atomic E-state index is 0.00977. The van der Waals surface area contributed by atoms with Gasteiger partial charge in [0.25, 0.3) is 0 Å². The van der Waals surface area contributed by atoms with E-state index in [1.807, 2.05) is 33.1 Å². The summed E-state index contributed by atoms with van der Waals surface area (Å²) in [7, 11) is 0. The van der Waals surface area contributed by atoms with Crippen LogP contribution in [-0.4, -0.2) is 34.3 Å². The van der Waals surface area contributed by atoms with Gasteiger partial charge in [0, 0.05) is 24.0 Å². The molecular weight excluding hydrogens is 286 g/mol. The molecule has 0 aromatic carbocycles. The number of rotatable bonds is 4. The van der Waals surface area contributed by atoms with E-state index in [-0.39, 0.29) is 23.8 Å². The maximum atomic E-state index is 12.8. The minimum Gasteiger partial charge on any atom is -0.344 e. The summed E-state index contributed by atoms with van der Waals surface area (Å²) in [5.41, 5.74) is 0.969. The van der Waals surface area contributed by atoms with Crippen LogP contribution < -0.4 is 5.32 Å². The predicted molar refractivity (Wildman–Crippen MR) is 83.0 cm³/mol. The molecule has 0 bridgehead atoms. The molecule has 3 atom stereocenters. The molecule has 2 rings (SSSR count). The molecule has 1 aliphatic heterocycles. The Labute approximate surface area is 129 Å². The monoisotopic (exact) mass is 309 g/mol. The van der Waals surface area contributed by atoms with Crippen molar-refractivity contribution in [1.29, 1.82) is 0 Å². The highest BCUT2D eigenvalue weighted by Gasteiger charge is 2.35. The number of aryl methyl sites for hydroxylation is 1. The standard InChI is InChI=1S/C15H23N3O2S/c1-5-9(2)13-15(20)18(7-6-12(19)17-13)11(4)14-16-10(3)8-21-14/h8-9,11,13H,5-7H2,1-4H3,(H,17,19). The van der Waals surface area contributed by atoms with Crippen LogP contribution in [0.5, 0.6) is 0 Å². The maximum absolute atomic E-state index is 12.8. The summed E-state index contributed by atoms with van der Waals surface area (Å²) in [5.74, 6) is 0.0986. The van der Waals surface area contributed by atoms with Crippen molar-refractivity contribution >= 4 is 23.2 Å². The minimum atomic E-state index is -0.423. The Morgan fingerprint density at radius 3 is 2.76 bits per heavy atom. The SMILES string of the molecule is CCC(C)C1NC(=O)CCN(C(C)c2nc(C)cs2)C1=O. The third-order valence-electron chi connectivity index (χ3n) is 4.12. The van der Waals surface area contributed by atoms with Gasteiger partial charge in [0.15, 0.2) is 0 Å². The number of amides is 2. The van der Waals surface area contributed by atoms with Crippen LogP contribution in [0.25, 0.3) is 0 Å². The van der Waals surface area contributed by atoms with Gasteiger partial charge in [-0.3, -0.25) is 9.59 Å². The first-order chi connectivity index (χ1) is 9.93. The van der Waals surface area contributed by atoms with Crippen molar-refractivity contribution in [3.8, 4) is 0 Å². The molecule has 1 N–H and O–H groups in total. The van der Waals surface area contributed by atoms with Crippen LogP contribution in [0.1, 0.15) is 50.4 Å². The molecule has 0 aliphatic carbocycles. The van der Waals surface area contributed by atoms with Gasteiger partial charge >= 0.3 is 0 Å². The van der Waals surface area contributed by atoms with Gasteiger partial charge in [-0.05, 0) is 19.8 Å². The molecule has 6 heteroatoms. The molecule has 21 heavy (non-hydrogen) atoms. The molecule has 2 amide bonds. The van der Waals surface area contributed by atoms with Crippen molar-refractivity contribution in [3.05, 3.63) is 16.1 Å². The van der Waals surface area contributed by atoms with Crippen molar-refractivity contribution in [3.63, 3.8) is 0 Å². The van der Waals surface area contributed by atoms with E-state index in [1.165, 1.54) is 0 Å². The van der Waals surface area contributed by atoms with E-state index < -0.39 is 6.04 Å². The summed E-state index contributed by atoms with van der Waals surface area (Å²) in [6, 6.07) is -0.510. The summed E-state index contributed by atoms with van der Waals surface area (Å²) in [6.07, 6.45) is 1.21. The Balaban J connectivity index is 2.24. The van der Waals surface area contributed by atoms with Crippen molar-refractivity contribution in [2.45, 2.75) is 52.6 Å². The van der Waals surface area contributed by atoms with Crippen LogP contribution in [0.15, 0.2) is 5.38 Å². The number of hydrogen-bond donors (Lipinski definition) is 1.